The summed E-state index contributed by atoms with van der Waals surface area (Å²) in [5, 5.41) is 0. The van der Waals surface area contributed by atoms with E-state index in [1.165, 1.54) is 0 Å². The molecule has 3 aromatic heterocycles. The van der Waals surface area contributed by atoms with Crippen LogP contribution >= 0.6 is 0 Å². The number of rotatable bonds is 3. The minimum atomic E-state index is 0.0177. The Labute approximate surface area is 146 Å². The highest BCUT2D eigenvalue weighted by Crippen LogP contribution is 2.18. The van der Waals surface area contributed by atoms with Crippen LogP contribution in [0.2, 0.25) is 0 Å². The number of aryl methyl sites for hydroxylation is 1. The lowest BCUT2D eigenvalue weighted by atomic mass is 10.2. The molecule has 0 radical (unpaired) electrons. The number of pyridine rings is 2. The van der Waals surface area contributed by atoms with Crippen molar-refractivity contribution in [1.29, 1.82) is 0 Å². The van der Waals surface area contributed by atoms with Gasteiger partial charge < -0.3 is 14.2 Å². The van der Waals surface area contributed by atoms with Crippen LogP contribution in [0.25, 0.3) is 5.52 Å². The fourth-order valence-electron chi connectivity index (χ4n) is 3.34. The van der Waals surface area contributed by atoms with Gasteiger partial charge in [0.25, 0.3) is 5.91 Å². The number of imidazole rings is 1. The van der Waals surface area contributed by atoms with E-state index in [1.807, 2.05) is 51.9 Å². The summed E-state index contributed by atoms with van der Waals surface area (Å²) in [7, 11) is 0. The molecule has 0 atom stereocenters. The lowest BCUT2D eigenvalue weighted by Crippen LogP contribution is -2.49. The second-order valence-corrected chi connectivity index (χ2v) is 6.15. The molecule has 0 N–H and O–H groups in total. The molecule has 4 heterocycles. The number of nitrogens with zero attached hydrogens (tertiary/aromatic N) is 5. The van der Waals surface area contributed by atoms with Crippen molar-refractivity contribution in [1.82, 2.24) is 19.3 Å². The van der Waals surface area contributed by atoms with Gasteiger partial charge in [0.15, 0.2) is 5.69 Å². The fraction of sp³-hybridized carbons (Fsp3) is 0.316. The summed E-state index contributed by atoms with van der Waals surface area (Å²) in [4.78, 5) is 26.1. The number of aromatic nitrogens is 3. The molecule has 0 saturated carbocycles. The van der Waals surface area contributed by atoms with Crippen LogP contribution in [0.15, 0.2) is 48.8 Å². The highest BCUT2D eigenvalue weighted by Gasteiger charge is 2.26. The van der Waals surface area contributed by atoms with E-state index in [0.717, 1.165) is 36.7 Å². The predicted octanol–water partition coefficient (Wildman–Crippen LogP) is 2.25. The van der Waals surface area contributed by atoms with Crippen LogP contribution in [-0.2, 0) is 6.42 Å². The van der Waals surface area contributed by atoms with Crippen LogP contribution < -0.4 is 4.90 Å². The average molecular weight is 335 g/mol. The molecular formula is C19H21N5O. The van der Waals surface area contributed by atoms with Crippen molar-refractivity contribution in [2.24, 2.45) is 0 Å². The molecule has 1 fully saturated rings. The van der Waals surface area contributed by atoms with E-state index in [-0.39, 0.29) is 5.91 Å². The van der Waals surface area contributed by atoms with E-state index in [4.69, 9.17) is 0 Å². The van der Waals surface area contributed by atoms with Gasteiger partial charge in [0.05, 0.1) is 5.52 Å². The summed E-state index contributed by atoms with van der Waals surface area (Å²) >= 11 is 0. The van der Waals surface area contributed by atoms with Crippen LogP contribution in [-0.4, -0.2) is 51.4 Å². The third kappa shape index (κ3) is 2.84. The van der Waals surface area contributed by atoms with E-state index >= 15 is 0 Å². The van der Waals surface area contributed by atoms with Crippen molar-refractivity contribution in [3.05, 3.63) is 60.3 Å². The Balaban J connectivity index is 1.53. The Morgan fingerprint density at radius 3 is 2.60 bits per heavy atom. The van der Waals surface area contributed by atoms with Crippen molar-refractivity contribution >= 4 is 17.2 Å². The first kappa shape index (κ1) is 15.6. The van der Waals surface area contributed by atoms with E-state index < -0.39 is 0 Å². The van der Waals surface area contributed by atoms with E-state index in [0.29, 0.717) is 18.8 Å². The van der Waals surface area contributed by atoms with Crippen molar-refractivity contribution in [2.45, 2.75) is 13.3 Å². The molecule has 0 aromatic carbocycles. The molecule has 0 unspecified atom stereocenters. The van der Waals surface area contributed by atoms with Gasteiger partial charge in [-0.05, 0) is 24.3 Å². The van der Waals surface area contributed by atoms with Gasteiger partial charge >= 0.3 is 0 Å². The lowest BCUT2D eigenvalue weighted by molar-refractivity contribution is 0.0743. The van der Waals surface area contributed by atoms with Gasteiger partial charge in [-0.2, -0.15) is 0 Å². The Bertz CT molecular complexity index is 881. The van der Waals surface area contributed by atoms with E-state index in [2.05, 4.69) is 21.8 Å². The zero-order valence-corrected chi connectivity index (χ0v) is 14.3. The SMILES string of the molecule is CCc1nc(C(=O)N2CCN(c3ccccn3)CC2)c2ccccn12. The molecule has 6 nitrogen and oxygen atoms in total. The number of carbonyl (C=O) groups is 1. The van der Waals surface area contributed by atoms with Crippen LogP contribution in [0, 0.1) is 0 Å². The number of hydrogen-bond donors (Lipinski definition) is 0. The normalized spacial score (nSPS) is 14.9. The summed E-state index contributed by atoms with van der Waals surface area (Å²) in [5.74, 6) is 1.91. The second-order valence-electron chi connectivity index (χ2n) is 6.15. The van der Waals surface area contributed by atoms with E-state index in [1.54, 1.807) is 6.20 Å². The van der Waals surface area contributed by atoms with Crippen LogP contribution in [0.5, 0.6) is 0 Å². The maximum atomic E-state index is 13.0. The summed E-state index contributed by atoms with van der Waals surface area (Å²) in [6.07, 6.45) is 4.57. The smallest absolute Gasteiger partial charge is 0.274 e. The number of carbonyl (C=O) groups excluding carboxylic acids is 1. The minimum absolute atomic E-state index is 0.0177. The molecule has 0 spiro atoms. The third-order valence-electron chi connectivity index (χ3n) is 4.68. The molecule has 25 heavy (non-hydrogen) atoms. The number of amides is 1. The second kappa shape index (κ2) is 6.55. The zero-order chi connectivity index (χ0) is 17.2. The van der Waals surface area contributed by atoms with Crippen molar-refractivity contribution in [3.8, 4) is 0 Å². The molecule has 128 valence electrons. The first-order valence-corrected chi connectivity index (χ1v) is 8.69. The summed E-state index contributed by atoms with van der Waals surface area (Å²) in [6, 6.07) is 11.8. The quantitative estimate of drug-likeness (QED) is 0.737. The molecule has 0 bridgehead atoms. The van der Waals surface area contributed by atoms with E-state index in [9.17, 15) is 4.79 Å². The van der Waals surface area contributed by atoms with Crippen LogP contribution in [0.3, 0.4) is 0 Å². The summed E-state index contributed by atoms with van der Waals surface area (Å²) in [6.45, 7) is 5.00. The maximum Gasteiger partial charge on any atom is 0.274 e. The third-order valence-corrected chi connectivity index (χ3v) is 4.68. The molecule has 1 saturated heterocycles. The highest BCUT2D eigenvalue weighted by atomic mass is 16.2. The average Bonchev–Trinajstić information content (AvgIpc) is 3.07. The Morgan fingerprint density at radius 2 is 1.88 bits per heavy atom. The topological polar surface area (TPSA) is 53.7 Å². The zero-order valence-electron chi connectivity index (χ0n) is 14.3. The number of piperazine rings is 1. The maximum absolute atomic E-state index is 13.0. The van der Waals surface area contributed by atoms with Gasteiger partial charge in [-0.1, -0.05) is 19.1 Å². The molecule has 4 rings (SSSR count). The minimum Gasteiger partial charge on any atom is -0.353 e. The van der Waals surface area contributed by atoms with Gasteiger partial charge in [-0.3, -0.25) is 4.79 Å². The number of anilines is 1. The monoisotopic (exact) mass is 335 g/mol. The van der Waals surface area contributed by atoms with Gasteiger partial charge in [-0.15, -0.1) is 0 Å². The predicted molar refractivity (Wildman–Crippen MR) is 96.9 cm³/mol. The van der Waals surface area contributed by atoms with Crippen LogP contribution in [0.1, 0.15) is 23.2 Å². The van der Waals surface area contributed by atoms with Gasteiger partial charge in [-0.25, -0.2) is 9.97 Å². The molecule has 1 aliphatic rings. The number of fused-ring (bicyclic) bond motifs is 1. The molecule has 3 aromatic rings. The first-order valence-electron chi connectivity index (χ1n) is 8.69. The highest BCUT2D eigenvalue weighted by molar-refractivity contribution is 5.99. The van der Waals surface area contributed by atoms with Crippen molar-refractivity contribution in [3.63, 3.8) is 0 Å². The van der Waals surface area contributed by atoms with Crippen LogP contribution in [0.4, 0.5) is 5.82 Å². The summed E-state index contributed by atoms with van der Waals surface area (Å²) in [5.41, 5.74) is 1.44. The van der Waals surface area contributed by atoms with Gasteiger partial charge in [0.2, 0.25) is 0 Å². The van der Waals surface area contributed by atoms with Crippen molar-refractivity contribution in [2.75, 3.05) is 31.1 Å². The van der Waals surface area contributed by atoms with Crippen molar-refractivity contribution < 1.29 is 4.79 Å². The van der Waals surface area contributed by atoms with Gasteiger partial charge in [0.1, 0.15) is 11.6 Å². The molecular weight excluding hydrogens is 314 g/mol. The molecule has 1 aliphatic heterocycles. The molecule has 1 amide bonds. The molecule has 0 aliphatic carbocycles. The fourth-order valence-corrected chi connectivity index (χ4v) is 3.34. The number of hydrogen-bond acceptors (Lipinski definition) is 4. The largest absolute Gasteiger partial charge is 0.353 e. The summed E-state index contributed by atoms with van der Waals surface area (Å²) < 4.78 is 2.01. The Morgan fingerprint density at radius 1 is 1.08 bits per heavy atom. The Hall–Kier alpha value is -2.89. The lowest BCUT2D eigenvalue weighted by Gasteiger charge is -2.35. The first-order chi connectivity index (χ1) is 12.3. The Kier molecular flexibility index (Phi) is 4.09. The van der Waals surface area contributed by atoms with Gasteiger partial charge in [0, 0.05) is 45.0 Å². The molecule has 6 heteroatoms. The standard InChI is InChI=1S/C19H21N5O/c1-2-16-21-18(15-7-4-6-10-24(15)16)19(25)23-13-11-22(12-14-23)17-8-3-5-9-20-17/h3-10H,2,11-14H2,1H3.